The Morgan fingerprint density at radius 3 is 2.35 bits per heavy atom. The number of carbonyl (C=O) groups excluding carboxylic acids is 1. The molecule has 4 rings (SSSR count). The van der Waals surface area contributed by atoms with Gasteiger partial charge in [0.05, 0.1) is 22.8 Å². The summed E-state index contributed by atoms with van der Waals surface area (Å²) in [5.74, 6) is -4.03. The van der Waals surface area contributed by atoms with Gasteiger partial charge in [0.2, 0.25) is 15.8 Å². The van der Waals surface area contributed by atoms with Gasteiger partial charge in [-0.15, -0.1) is 11.8 Å². The van der Waals surface area contributed by atoms with E-state index in [2.05, 4.69) is 15.1 Å². The minimum atomic E-state index is -5.06. The van der Waals surface area contributed by atoms with Crippen molar-refractivity contribution >= 4 is 33.6 Å². The number of nitrogens with zero attached hydrogens (tertiary/aromatic N) is 4. The van der Waals surface area contributed by atoms with Crippen molar-refractivity contribution in [1.82, 2.24) is 19.7 Å². The van der Waals surface area contributed by atoms with Crippen molar-refractivity contribution in [2.45, 2.75) is 23.0 Å². The number of sulfonamides is 1. The van der Waals surface area contributed by atoms with Crippen LogP contribution >= 0.6 is 11.8 Å². The van der Waals surface area contributed by atoms with Gasteiger partial charge in [0.25, 0.3) is 0 Å². The molecule has 0 aliphatic rings. The number of nitrogens with two attached hydrogens (primary N) is 2. The first-order valence-electron chi connectivity index (χ1n) is 11.2. The van der Waals surface area contributed by atoms with Gasteiger partial charge in [-0.1, -0.05) is 12.1 Å². The van der Waals surface area contributed by atoms with Crippen LogP contribution in [0.5, 0.6) is 0 Å². The molecule has 0 radical (unpaired) electrons. The fourth-order valence-corrected chi connectivity index (χ4v) is 4.86. The molecule has 4 N–H and O–H groups in total. The quantitative estimate of drug-likeness (QED) is 0.181. The first-order chi connectivity index (χ1) is 18.8. The number of anilines is 1. The molecule has 2 aromatic heterocycles. The lowest BCUT2D eigenvalue weighted by Gasteiger charge is -2.18. The van der Waals surface area contributed by atoms with E-state index >= 15 is 0 Å². The second-order valence-electron chi connectivity index (χ2n) is 8.07. The van der Waals surface area contributed by atoms with Gasteiger partial charge in [0.1, 0.15) is 22.2 Å². The van der Waals surface area contributed by atoms with Gasteiger partial charge in [-0.05, 0) is 55.1 Å². The highest BCUT2D eigenvalue weighted by atomic mass is 32.2. The van der Waals surface area contributed by atoms with Crippen molar-refractivity contribution in [3.05, 3.63) is 65.7 Å². The van der Waals surface area contributed by atoms with Crippen LogP contribution in [0.1, 0.15) is 23.1 Å². The highest BCUT2D eigenvalue weighted by Crippen LogP contribution is 2.40. The molecule has 2 aromatic carbocycles. The molecule has 10 nitrogen and oxygen atoms in total. The lowest BCUT2D eigenvalue weighted by molar-refractivity contribution is -0.144. The summed E-state index contributed by atoms with van der Waals surface area (Å²) >= 11 is 0.983. The van der Waals surface area contributed by atoms with Gasteiger partial charge >= 0.3 is 12.1 Å². The number of nitrogen functional groups attached to an aromatic ring is 1. The molecule has 0 fully saturated rings. The molecule has 0 amide bonds. The van der Waals surface area contributed by atoms with Crippen molar-refractivity contribution in [1.29, 1.82) is 0 Å². The maximum absolute atomic E-state index is 14.1. The number of aromatic nitrogens is 4. The average Bonchev–Trinajstić information content (AvgIpc) is 3.23. The molecule has 2 heterocycles. The average molecular weight is 597 g/mol. The van der Waals surface area contributed by atoms with Crippen molar-refractivity contribution in [2.24, 2.45) is 5.14 Å². The Bertz CT molecular complexity index is 1710. The van der Waals surface area contributed by atoms with E-state index < -0.39 is 39.6 Å². The number of thioether (sulfide) groups is 1. The number of carbonyl (C=O) groups is 1. The molecule has 0 bridgehead atoms. The van der Waals surface area contributed by atoms with E-state index in [1.807, 2.05) is 0 Å². The number of ether oxygens (including phenoxy) is 1. The Labute approximate surface area is 229 Å². The molecular formula is C24H20F4N6O4S2. The molecule has 0 atom stereocenters. The number of hydrogen-bond donors (Lipinski definition) is 2. The van der Waals surface area contributed by atoms with Gasteiger partial charge in [-0.3, -0.25) is 0 Å². The summed E-state index contributed by atoms with van der Waals surface area (Å²) in [4.78, 5) is 19.7. The SMILES string of the molecule is CCOC(=O)c1c(SC)nn(-c2nc(C(F)(F)F)nc(-c3ccc(F)cc3)c2-c2cccc(S(N)(=O)=O)c2)c1N. The van der Waals surface area contributed by atoms with Crippen LogP contribution in [-0.4, -0.2) is 47.0 Å². The maximum Gasteiger partial charge on any atom is 0.451 e. The molecule has 0 saturated carbocycles. The maximum atomic E-state index is 14.1. The van der Waals surface area contributed by atoms with Gasteiger partial charge in [0.15, 0.2) is 5.82 Å². The zero-order valence-corrected chi connectivity index (χ0v) is 22.4. The summed E-state index contributed by atoms with van der Waals surface area (Å²) in [5.41, 5.74) is 5.60. The number of rotatable bonds is 7. The van der Waals surface area contributed by atoms with Gasteiger partial charge in [-0.2, -0.15) is 23.0 Å². The zero-order chi connectivity index (χ0) is 29.4. The van der Waals surface area contributed by atoms with E-state index in [1.165, 1.54) is 30.3 Å². The monoisotopic (exact) mass is 596 g/mol. The zero-order valence-electron chi connectivity index (χ0n) is 20.7. The summed E-state index contributed by atoms with van der Waals surface area (Å²) in [6.45, 7) is 1.55. The third-order valence-corrected chi connectivity index (χ3v) is 7.06. The molecule has 4 aromatic rings. The summed E-state index contributed by atoms with van der Waals surface area (Å²) in [6.07, 6.45) is -3.49. The number of alkyl halides is 3. The van der Waals surface area contributed by atoms with E-state index in [-0.39, 0.29) is 50.3 Å². The van der Waals surface area contributed by atoms with E-state index in [4.69, 9.17) is 15.6 Å². The smallest absolute Gasteiger partial charge is 0.451 e. The Morgan fingerprint density at radius 2 is 1.77 bits per heavy atom. The lowest BCUT2D eigenvalue weighted by atomic mass is 9.99. The van der Waals surface area contributed by atoms with Crippen LogP contribution in [0.3, 0.4) is 0 Å². The van der Waals surface area contributed by atoms with E-state index in [0.29, 0.717) is 0 Å². The normalized spacial score (nSPS) is 12.0. The first kappa shape index (κ1) is 29.0. The van der Waals surface area contributed by atoms with Gasteiger partial charge < -0.3 is 10.5 Å². The standard InChI is InChI=1S/C24H20F4N6O4S2/c1-3-38-22(35)17-19(29)34(33-21(17)39-2)20-16(13-5-4-6-15(11-13)40(30,36)37)18(12-7-9-14(25)10-8-12)31-23(32-20)24(26,27)28/h4-11H,3,29H2,1-2H3,(H2,30,36,37). The summed E-state index contributed by atoms with van der Waals surface area (Å²) in [7, 11) is -4.24. The van der Waals surface area contributed by atoms with Crippen LogP contribution in [0.4, 0.5) is 23.4 Å². The molecule has 40 heavy (non-hydrogen) atoms. The van der Waals surface area contributed by atoms with E-state index in [9.17, 15) is 30.8 Å². The summed E-state index contributed by atoms with van der Waals surface area (Å²) in [5, 5.41) is 9.55. The van der Waals surface area contributed by atoms with Crippen LogP contribution in [-0.2, 0) is 20.9 Å². The van der Waals surface area contributed by atoms with E-state index in [1.54, 1.807) is 13.2 Å². The Balaban J connectivity index is 2.18. The van der Waals surface area contributed by atoms with Crippen LogP contribution < -0.4 is 10.9 Å². The second-order valence-corrected chi connectivity index (χ2v) is 10.4. The largest absolute Gasteiger partial charge is 0.462 e. The Hall–Kier alpha value is -4.02. The molecule has 0 unspecified atom stereocenters. The fourth-order valence-electron chi connectivity index (χ4n) is 3.75. The van der Waals surface area contributed by atoms with Crippen molar-refractivity contribution < 1.29 is 35.5 Å². The van der Waals surface area contributed by atoms with Crippen LogP contribution in [0.25, 0.3) is 28.2 Å². The number of benzene rings is 2. The number of primary sulfonamides is 1. The molecule has 0 spiro atoms. The Kier molecular flexibility index (Phi) is 7.87. The number of halogens is 4. The van der Waals surface area contributed by atoms with Crippen LogP contribution in [0.15, 0.2) is 58.5 Å². The molecular weight excluding hydrogens is 576 g/mol. The Morgan fingerprint density at radius 1 is 1.10 bits per heavy atom. The van der Waals surface area contributed by atoms with Gasteiger partial charge in [0, 0.05) is 5.56 Å². The fraction of sp³-hybridized carbons (Fsp3) is 0.167. The molecule has 0 aliphatic carbocycles. The van der Waals surface area contributed by atoms with Crippen molar-refractivity contribution in [3.63, 3.8) is 0 Å². The lowest BCUT2D eigenvalue weighted by Crippen LogP contribution is -2.18. The predicted octanol–water partition coefficient (Wildman–Crippen LogP) is 4.28. The number of hydrogen-bond acceptors (Lipinski definition) is 9. The second kappa shape index (κ2) is 10.9. The molecule has 210 valence electrons. The highest BCUT2D eigenvalue weighted by molar-refractivity contribution is 7.98. The number of esters is 1. The predicted molar refractivity (Wildman–Crippen MR) is 139 cm³/mol. The third kappa shape index (κ3) is 5.64. The minimum absolute atomic E-state index is 0.0106. The van der Waals surface area contributed by atoms with Crippen molar-refractivity contribution in [2.75, 3.05) is 18.6 Å². The van der Waals surface area contributed by atoms with Crippen molar-refractivity contribution in [3.8, 4) is 28.2 Å². The van der Waals surface area contributed by atoms with E-state index in [0.717, 1.165) is 34.6 Å². The first-order valence-corrected chi connectivity index (χ1v) is 14.0. The third-order valence-electron chi connectivity index (χ3n) is 5.47. The van der Waals surface area contributed by atoms with Gasteiger partial charge in [-0.25, -0.2) is 32.7 Å². The highest BCUT2D eigenvalue weighted by Gasteiger charge is 2.38. The summed E-state index contributed by atoms with van der Waals surface area (Å²) in [6, 6.07) is 9.42. The molecule has 0 aliphatic heterocycles. The van der Waals surface area contributed by atoms with Crippen LogP contribution in [0.2, 0.25) is 0 Å². The molecule has 0 saturated heterocycles. The minimum Gasteiger partial charge on any atom is -0.462 e. The molecule has 16 heteroatoms. The van der Waals surface area contributed by atoms with Crippen LogP contribution in [0, 0.1) is 5.82 Å². The summed E-state index contributed by atoms with van der Waals surface area (Å²) < 4.78 is 85.9. The topological polar surface area (TPSA) is 156 Å².